The molecule has 170 valence electrons. The molecule has 0 spiro atoms. The first-order chi connectivity index (χ1) is 15.3. The van der Waals surface area contributed by atoms with Gasteiger partial charge in [0, 0.05) is 29.5 Å². The lowest BCUT2D eigenvalue weighted by Crippen LogP contribution is -2.28. The summed E-state index contributed by atoms with van der Waals surface area (Å²) in [6.07, 6.45) is 13.7. The first-order valence-electron chi connectivity index (χ1n) is 10.7. The summed E-state index contributed by atoms with van der Waals surface area (Å²) >= 11 is 14.2. The number of piperidine rings is 1. The van der Waals surface area contributed by atoms with Gasteiger partial charge in [0.1, 0.15) is 5.83 Å². The second-order valence-corrected chi connectivity index (χ2v) is 10.2. The summed E-state index contributed by atoms with van der Waals surface area (Å²) in [6.45, 7) is 6.88. The Bertz CT molecular complexity index is 1030. The van der Waals surface area contributed by atoms with Crippen molar-refractivity contribution in [2.75, 3.05) is 18.8 Å². The van der Waals surface area contributed by atoms with Gasteiger partial charge in [-0.15, -0.1) is 6.42 Å². The number of nitrogens with one attached hydrogen (secondary N) is 1. The Morgan fingerprint density at radius 1 is 1.34 bits per heavy atom. The third-order valence-corrected chi connectivity index (χ3v) is 7.75. The summed E-state index contributed by atoms with van der Waals surface area (Å²) in [7, 11) is 0. The molecule has 1 aromatic carbocycles. The summed E-state index contributed by atoms with van der Waals surface area (Å²) < 4.78 is 15.9. The molecular weight excluding hydrogens is 464 g/mol. The van der Waals surface area contributed by atoms with E-state index in [0.717, 1.165) is 41.3 Å². The first kappa shape index (κ1) is 24.9. The lowest BCUT2D eigenvalue weighted by molar-refractivity contribution is 0.407. The minimum atomic E-state index is -0.443. The number of thioether (sulfide) groups is 1. The number of hydrogen-bond donors (Lipinski definition) is 1. The van der Waals surface area contributed by atoms with Crippen LogP contribution in [0.5, 0.6) is 0 Å². The molecule has 0 unspecified atom stereocenters. The molecule has 7 heteroatoms. The van der Waals surface area contributed by atoms with Crippen molar-refractivity contribution in [1.82, 2.24) is 14.9 Å². The van der Waals surface area contributed by atoms with Crippen LogP contribution in [0.25, 0.3) is 0 Å². The number of halogens is 3. The van der Waals surface area contributed by atoms with Crippen molar-refractivity contribution in [1.29, 1.82) is 0 Å². The van der Waals surface area contributed by atoms with Gasteiger partial charge >= 0.3 is 0 Å². The Labute approximate surface area is 204 Å². The van der Waals surface area contributed by atoms with Crippen LogP contribution in [0.2, 0.25) is 10.0 Å². The van der Waals surface area contributed by atoms with Gasteiger partial charge in [0.2, 0.25) is 0 Å². The number of nitrogens with zero attached hydrogens (tertiary/aromatic N) is 2. The second-order valence-electron chi connectivity index (χ2n) is 8.39. The lowest BCUT2D eigenvalue weighted by atomic mass is 9.81. The van der Waals surface area contributed by atoms with Gasteiger partial charge in [-0.2, -0.15) is 0 Å². The third-order valence-electron chi connectivity index (χ3n) is 5.79. The average Bonchev–Trinajstić information content (AvgIpc) is 3.18. The van der Waals surface area contributed by atoms with E-state index >= 15 is 0 Å². The van der Waals surface area contributed by atoms with E-state index in [1.165, 1.54) is 18.9 Å². The Kier molecular flexibility index (Phi) is 8.90. The second kappa shape index (κ2) is 11.4. The molecule has 1 saturated heterocycles. The zero-order valence-electron chi connectivity index (χ0n) is 18.4. The van der Waals surface area contributed by atoms with Crippen LogP contribution in [0, 0.1) is 18.3 Å². The predicted octanol–water partition coefficient (Wildman–Crippen LogP) is 6.65. The van der Waals surface area contributed by atoms with Gasteiger partial charge in [0.25, 0.3) is 0 Å². The quantitative estimate of drug-likeness (QED) is 0.254. The molecule has 0 radical (unpaired) electrons. The van der Waals surface area contributed by atoms with Crippen molar-refractivity contribution < 1.29 is 4.39 Å². The molecule has 0 atom stereocenters. The zero-order valence-corrected chi connectivity index (χ0v) is 20.7. The van der Waals surface area contributed by atoms with Crippen molar-refractivity contribution in [2.45, 2.75) is 43.8 Å². The van der Waals surface area contributed by atoms with Gasteiger partial charge in [0.05, 0.1) is 16.2 Å². The van der Waals surface area contributed by atoms with E-state index in [-0.39, 0.29) is 5.41 Å². The van der Waals surface area contributed by atoms with E-state index in [1.807, 2.05) is 24.4 Å². The first-order valence-corrected chi connectivity index (χ1v) is 12.4. The maximum absolute atomic E-state index is 13.8. The minimum Gasteiger partial charge on any atom is -0.318 e. The highest BCUT2D eigenvalue weighted by molar-refractivity contribution is 7.99. The fourth-order valence-electron chi connectivity index (χ4n) is 3.82. The highest BCUT2D eigenvalue weighted by Gasteiger charge is 2.29. The van der Waals surface area contributed by atoms with E-state index in [2.05, 4.69) is 29.7 Å². The topological polar surface area (TPSA) is 29.9 Å². The molecule has 32 heavy (non-hydrogen) atoms. The van der Waals surface area contributed by atoms with E-state index < -0.39 is 5.83 Å². The van der Waals surface area contributed by atoms with Gasteiger partial charge in [-0.1, -0.05) is 66.9 Å². The van der Waals surface area contributed by atoms with Gasteiger partial charge in [-0.25, -0.2) is 9.37 Å². The number of allylic oxidation sites excluding steroid dienone is 4. The zero-order chi connectivity index (χ0) is 23.1. The van der Waals surface area contributed by atoms with Crippen LogP contribution < -0.4 is 5.32 Å². The lowest BCUT2D eigenvalue weighted by Gasteiger charge is -2.27. The number of benzene rings is 1. The van der Waals surface area contributed by atoms with Crippen LogP contribution in [0.1, 0.15) is 37.9 Å². The van der Waals surface area contributed by atoms with Gasteiger partial charge in [0.15, 0.2) is 5.16 Å². The molecule has 0 saturated carbocycles. The molecular formula is C25H28Cl2FN3S. The number of rotatable bonds is 8. The van der Waals surface area contributed by atoms with Crippen LogP contribution in [-0.2, 0) is 12.0 Å². The van der Waals surface area contributed by atoms with Crippen molar-refractivity contribution in [3.63, 3.8) is 0 Å². The number of imidazole rings is 1. The molecule has 1 aliphatic rings. The van der Waals surface area contributed by atoms with E-state index in [1.54, 1.807) is 17.8 Å². The standard InChI is InChI=1S/C25H28Cl2FN3S/c1-4-6-20(28)7-5-14-31-23(25(2,3)19-8-9-21(26)22(27)15-19)16-30-24(31)32-17-18-10-12-29-13-11-18/h1,5-9,15-16,18,29H,10-14,17H2,2-3H3/b7-5-,20-6+. The van der Waals surface area contributed by atoms with Crippen molar-refractivity contribution in [3.8, 4) is 12.3 Å². The van der Waals surface area contributed by atoms with Crippen molar-refractivity contribution in [2.24, 2.45) is 5.92 Å². The largest absolute Gasteiger partial charge is 0.318 e. The minimum absolute atomic E-state index is 0.379. The van der Waals surface area contributed by atoms with Crippen molar-refractivity contribution in [3.05, 3.63) is 69.8 Å². The monoisotopic (exact) mass is 491 g/mol. The molecule has 2 heterocycles. The van der Waals surface area contributed by atoms with Crippen molar-refractivity contribution >= 4 is 35.0 Å². The Morgan fingerprint density at radius 3 is 2.78 bits per heavy atom. The smallest absolute Gasteiger partial charge is 0.168 e. The fourth-order valence-corrected chi connectivity index (χ4v) is 5.29. The average molecular weight is 492 g/mol. The number of hydrogen-bond acceptors (Lipinski definition) is 3. The molecule has 1 aromatic heterocycles. The maximum atomic E-state index is 13.8. The Hall–Kier alpha value is -1.71. The molecule has 0 bridgehead atoms. The molecule has 0 aliphatic carbocycles. The van der Waals surface area contributed by atoms with Gasteiger partial charge < -0.3 is 9.88 Å². The highest BCUT2D eigenvalue weighted by atomic mass is 35.5. The summed E-state index contributed by atoms with van der Waals surface area (Å²) in [4.78, 5) is 4.74. The van der Waals surface area contributed by atoms with Crippen LogP contribution >= 0.6 is 35.0 Å². The fraction of sp³-hybridized carbons (Fsp3) is 0.400. The summed E-state index contributed by atoms with van der Waals surface area (Å²) in [5.41, 5.74) is 1.68. The molecule has 0 amide bonds. The SMILES string of the molecule is C#C/C=C(F)\C=C/Cn1c(C(C)(C)c2ccc(Cl)c(Cl)c2)cnc1SCC1CCNCC1. The molecule has 3 nitrogen and oxygen atoms in total. The maximum Gasteiger partial charge on any atom is 0.168 e. The molecule has 3 rings (SSSR count). The van der Waals surface area contributed by atoms with Crippen LogP contribution in [-0.4, -0.2) is 28.4 Å². The summed E-state index contributed by atoms with van der Waals surface area (Å²) in [5.74, 6) is 3.45. The van der Waals surface area contributed by atoms with E-state index in [4.69, 9.17) is 34.6 Å². The van der Waals surface area contributed by atoms with Crippen LogP contribution in [0.4, 0.5) is 4.39 Å². The highest BCUT2D eigenvalue weighted by Crippen LogP contribution is 2.37. The normalized spacial score (nSPS) is 15.9. The molecule has 1 N–H and O–H groups in total. The number of terminal acetylenes is 1. The summed E-state index contributed by atoms with van der Waals surface area (Å²) in [5, 5.41) is 5.38. The third kappa shape index (κ3) is 6.20. The van der Waals surface area contributed by atoms with Gasteiger partial charge in [-0.3, -0.25) is 0 Å². The molecule has 2 aromatic rings. The van der Waals surface area contributed by atoms with Crippen LogP contribution in [0.15, 0.2) is 53.6 Å². The summed E-state index contributed by atoms with van der Waals surface area (Å²) in [6, 6.07) is 5.70. The Morgan fingerprint density at radius 2 is 2.09 bits per heavy atom. The van der Waals surface area contributed by atoms with Crippen LogP contribution in [0.3, 0.4) is 0 Å². The predicted molar refractivity (Wildman–Crippen MR) is 134 cm³/mol. The molecule has 1 fully saturated rings. The number of aromatic nitrogens is 2. The Balaban J connectivity index is 1.91. The van der Waals surface area contributed by atoms with E-state index in [0.29, 0.717) is 22.5 Å². The van der Waals surface area contributed by atoms with Gasteiger partial charge in [-0.05, 0) is 55.6 Å². The molecule has 1 aliphatic heterocycles. The van der Waals surface area contributed by atoms with E-state index in [9.17, 15) is 4.39 Å².